The highest BCUT2D eigenvalue weighted by Crippen LogP contribution is 2.30. The van der Waals surface area contributed by atoms with Crippen LogP contribution in [0.4, 0.5) is 18.9 Å². The van der Waals surface area contributed by atoms with Crippen LogP contribution in [0, 0.1) is 5.92 Å². The van der Waals surface area contributed by atoms with Crippen LogP contribution in [0.15, 0.2) is 40.7 Å². The third kappa shape index (κ3) is 4.12. The average molecular weight is 355 g/mol. The van der Waals surface area contributed by atoms with Crippen LogP contribution in [0.25, 0.3) is 0 Å². The fraction of sp³-hybridized carbons (Fsp3) is 0.412. The second-order valence-corrected chi connectivity index (χ2v) is 5.98. The maximum Gasteiger partial charge on any atom is 0.416 e. The molecular formula is C17H20F3N3O2. The van der Waals surface area contributed by atoms with E-state index in [1.165, 1.54) is 12.1 Å². The van der Waals surface area contributed by atoms with Crippen molar-refractivity contribution in [2.45, 2.75) is 39.4 Å². The molecule has 3 N–H and O–H groups in total. The topological polar surface area (TPSA) is 73.7 Å². The molecule has 136 valence electrons. The van der Waals surface area contributed by atoms with Gasteiger partial charge in [-0.25, -0.2) is 0 Å². The Morgan fingerprint density at radius 3 is 2.48 bits per heavy atom. The first-order valence-corrected chi connectivity index (χ1v) is 7.87. The molecule has 8 heteroatoms. The van der Waals surface area contributed by atoms with E-state index < -0.39 is 23.7 Å². The van der Waals surface area contributed by atoms with Crippen molar-refractivity contribution in [2.24, 2.45) is 11.0 Å². The van der Waals surface area contributed by atoms with Crippen molar-refractivity contribution in [3.8, 4) is 0 Å². The van der Waals surface area contributed by atoms with Crippen LogP contribution in [0.2, 0.25) is 0 Å². The van der Waals surface area contributed by atoms with E-state index in [4.69, 9.17) is 0 Å². The van der Waals surface area contributed by atoms with Gasteiger partial charge in [-0.2, -0.15) is 18.3 Å². The molecule has 0 fully saturated rings. The van der Waals surface area contributed by atoms with Crippen LogP contribution >= 0.6 is 0 Å². The third-order valence-electron chi connectivity index (χ3n) is 4.20. The molecule has 2 atom stereocenters. The third-order valence-corrected chi connectivity index (χ3v) is 4.20. The number of hydrogen-bond donors (Lipinski definition) is 3. The van der Waals surface area contributed by atoms with Crippen molar-refractivity contribution in [3.63, 3.8) is 0 Å². The number of hydrazone groups is 1. The maximum absolute atomic E-state index is 12.5. The van der Waals surface area contributed by atoms with Crippen molar-refractivity contribution in [1.29, 1.82) is 0 Å². The second kappa shape index (κ2) is 7.16. The van der Waals surface area contributed by atoms with Crippen LogP contribution in [0.3, 0.4) is 0 Å². The standard InChI is InChI=1S/C17H20F3N3O2/c1-4-9(2)14-15(24)13(16(25)21-14)10(3)22-23-12-7-5-11(6-8-12)17(18,19)20/h5-9,14,23-24H,4H2,1-3H3,(H,21,25)/t9?,14-/m0/s1. The summed E-state index contributed by atoms with van der Waals surface area (Å²) in [5, 5.41) is 17.0. The Balaban J connectivity index is 2.16. The van der Waals surface area contributed by atoms with Crippen LogP contribution in [0.1, 0.15) is 32.8 Å². The zero-order valence-corrected chi connectivity index (χ0v) is 14.1. The van der Waals surface area contributed by atoms with Gasteiger partial charge in [0.15, 0.2) is 0 Å². The molecule has 0 spiro atoms. The molecule has 0 saturated heterocycles. The van der Waals surface area contributed by atoms with E-state index in [0.717, 1.165) is 18.6 Å². The van der Waals surface area contributed by atoms with E-state index in [2.05, 4.69) is 15.8 Å². The minimum atomic E-state index is -4.40. The van der Waals surface area contributed by atoms with Gasteiger partial charge in [-0.05, 0) is 37.1 Å². The lowest BCUT2D eigenvalue weighted by atomic mass is 9.97. The van der Waals surface area contributed by atoms with Crippen LogP contribution in [0.5, 0.6) is 0 Å². The fourth-order valence-corrected chi connectivity index (χ4v) is 2.49. The van der Waals surface area contributed by atoms with Gasteiger partial charge in [0.05, 0.1) is 23.0 Å². The Bertz CT molecular complexity index is 709. The van der Waals surface area contributed by atoms with E-state index in [1.807, 2.05) is 13.8 Å². The smallest absolute Gasteiger partial charge is 0.416 e. The number of aliphatic hydroxyl groups is 1. The summed E-state index contributed by atoms with van der Waals surface area (Å²) in [6.07, 6.45) is -3.62. The van der Waals surface area contributed by atoms with Gasteiger partial charge in [-0.3, -0.25) is 10.2 Å². The van der Waals surface area contributed by atoms with Gasteiger partial charge < -0.3 is 10.4 Å². The summed E-state index contributed by atoms with van der Waals surface area (Å²) in [5.41, 5.74) is 2.51. The highest BCUT2D eigenvalue weighted by atomic mass is 19.4. The van der Waals surface area contributed by atoms with Gasteiger partial charge in [0.1, 0.15) is 11.3 Å². The van der Waals surface area contributed by atoms with E-state index in [-0.39, 0.29) is 23.0 Å². The quantitative estimate of drug-likeness (QED) is 0.555. The lowest BCUT2D eigenvalue weighted by Crippen LogP contribution is -2.34. The number of anilines is 1. The first-order chi connectivity index (χ1) is 11.6. The number of benzene rings is 1. The van der Waals surface area contributed by atoms with E-state index in [1.54, 1.807) is 6.92 Å². The molecular weight excluding hydrogens is 335 g/mol. The number of aliphatic hydroxyl groups excluding tert-OH is 1. The number of rotatable bonds is 5. The monoisotopic (exact) mass is 355 g/mol. The molecule has 1 unspecified atom stereocenters. The average Bonchev–Trinajstić information content (AvgIpc) is 2.86. The van der Waals surface area contributed by atoms with Gasteiger partial charge in [0.25, 0.3) is 5.91 Å². The Morgan fingerprint density at radius 1 is 1.36 bits per heavy atom. The van der Waals surface area contributed by atoms with Crippen LogP contribution < -0.4 is 10.7 Å². The first kappa shape index (κ1) is 18.8. The van der Waals surface area contributed by atoms with Gasteiger partial charge in [0, 0.05) is 0 Å². The lowest BCUT2D eigenvalue weighted by Gasteiger charge is -2.17. The second-order valence-electron chi connectivity index (χ2n) is 5.98. The molecule has 0 saturated carbocycles. The predicted molar refractivity (Wildman–Crippen MR) is 89.2 cm³/mol. The zero-order valence-electron chi connectivity index (χ0n) is 14.1. The summed E-state index contributed by atoms with van der Waals surface area (Å²) in [6.45, 7) is 5.41. The molecule has 25 heavy (non-hydrogen) atoms. The SMILES string of the molecule is CCC(C)[C@@H]1NC(=O)C(C(C)=NNc2ccc(C(F)(F)F)cc2)=C1O. The minimum Gasteiger partial charge on any atom is -0.509 e. The van der Waals surface area contributed by atoms with Crippen LogP contribution in [-0.4, -0.2) is 22.8 Å². The highest BCUT2D eigenvalue weighted by Gasteiger charge is 2.35. The molecule has 1 aromatic rings. The summed E-state index contributed by atoms with van der Waals surface area (Å²) in [5.74, 6) is -0.412. The van der Waals surface area contributed by atoms with E-state index in [0.29, 0.717) is 5.69 Å². The van der Waals surface area contributed by atoms with Crippen molar-refractivity contribution in [3.05, 3.63) is 41.2 Å². The fourth-order valence-electron chi connectivity index (χ4n) is 2.49. The molecule has 1 aliphatic rings. The summed E-state index contributed by atoms with van der Waals surface area (Å²) < 4.78 is 37.6. The molecule has 1 aromatic carbocycles. The van der Waals surface area contributed by atoms with Crippen molar-refractivity contribution < 1.29 is 23.1 Å². The molecule has 0 aliphatic carbocycles. The van der Waals surface area contributed by atoms with Crippen molar-refractivity contribution in [1.82, 2.24) is 5.32 Å². The summed E-state index contributed by atoms with van der Waals surface area (Å²) in [4.78, 5) is 12.1. The number of nitrogens with one attached hydrogen (secondary N) is 2. The minimum absolute atomic E-state index is 0.0604. The van der Waals surface area contributed by atoms with Crippen molar-refractivity contribution in [2.75, 3.05) is 5.43 Å². The molecule has 5 nitrogen and oxygen atoms in total. The number of hydrogen-bond acceptors (Lipinski definition) is 4. The maximum atomic E-state index is 12.5. The Labute approximate surface area is 143 Å². The largest absolute Gasteiger partial charge is 0.509 e. The lowest BCUT2D eigenvalue weighted by molar-refractivity contribution is -0.137. The van der Waals surface area contributed by atoms with Gasteiger partial charge in [-0.15, -0.1) is 0 Å². The highest BCUT2D eigenvalue weighted by molar-refractivity contribution is 6.22. The van der Waals surface area contributed by atoms with Crippen LogP contribution in [-0.2, 0) is 11.0 Å². The molecule has 0 aromatic heterocycles. The number of carbonyl (C=O) groups excluding carboxylic acids is 1. The molecule has 1 amide bonds. The van der Waals surface area contributed by atoms with Gasteiger partial charge in [-0.1, -0.05) is 20.3 Å². The Kier molecular flexibility index (Phi) is 5.39. The summed E-state index contributed by atoms with van der Waals surface area (Å²) in [6, 6.07) is 3.90. The molecule has 2 rings (SSSR count). The number of amides is 1. The zero-order chi connectivity index (χ0) is 18.8. The first-order valence-electron chi connectivity index (χ1n) is 7.87. The molecule has 1 heterocycles. The predicted octanol–water partition coefficient (Wildman–Crippen LogP) is 3.85. The summed E-state index contributed by atoms with van der Waals surface area (Å²) >= 11 is 0. The normalized spacial score (nSPS) is 19.8. The number of carbonyl (C=O) groups is 1. The molecule has 0 radical (unpaired) electrons. The number of alkyl halides is 3. The number of nitrogens with zero attached hydrogens (tertiary/aromatic N) is 1. The van der Waals surface area contributed by atoms with Gasteiger partial charge in [0.2, 0.25) is 0 Å². The Hall–Kier alpha value is -2.51. The number of halogens is 3. The summed E-state index contributed by atoms with van der Waals surface area (Å²) in [7, 11) is 0. The van der Waals surface area contributed by atoms with Crippen molar-refractivity contribution >= 4 is 17.3 Å². The Morgan fingerprint density at radius 2 is 1.96 bits per heavy atom. The molecule has 0 bridgehead atoms. The van der Waals surface area contributed by atoms with E-state index >= 15 is 0 Å². The van der Waals surface area contributed by atoms with Gasteiger partial charge >= 0.3 is 6.18 Å². The molecule has 1 aliphatic heterocycles. The van der Waals surface area contributed by atoms with E-state index in [9.17, 15) is 23.1 Å².